The number of hydrogen-bond acceptors (Lipinski definition) is 4. The molecule has 0 aromatic heterocycles. The van der Waals surface area contributed by atoms with Crippen molar-refractivity contribution in [3.63, 3.8) is 0 Å². The van der Waals surface area contributed by atoms with Crippen LogP contribution in [0.2, 0.25) is 0 Å². The van der Waals surface area contributed by atoms with Crippen LogP contribution < -0.4 is 5.73 Å². The molecule has 1 aliphatic rings. The van der Waals surface area contributed by atoms with Gasteiger partial charge in [0.05, 0.1) is 13.2 Å². The van der Waals surface area contributed by atoms with Gasteiger partial charge in [-0.05, 0) is 33.6 Å². The highest BCUT2D eigenvalue weighted by Crippen LogP contribution is 2.27. The maximum atomic E-state index is 11.4. The van der Waals surface area contributed by atoms with E-state index < -0.39 is 0 Å². The fourth-order valence-electron chi connectivity index (χ4n) is 1.65. The van der Waals surface area contributed by atoms with Crippen LogP contribution in [0.25, 0.3) is 0 Å². The molecule has 0 heterocycles. The van der Waals surface area contributed by atoms with Crippen LogP contribution in [0.15, 0.2) is 0 Å². The largest absolute Gasteiger partial charge is 0.465 e. The van der Waals surface area contributed by atoms with Gasteiger partial charge < -0.3 is 10.5 Å². The van der Waals surface area contributed by atoms with Gasteiger partial charge in [0.25, 0.3) is 0 Å². The van der Waals surface area contributed by atoms with Crippen LogP contribution in [0.4, 0.5) is 0 Å². The van der Waals surface area contributed by atoms with Crippen molar-refractivity contribution in [2.45, 2.75) is 45.2 Å². The van der Waals surface area contributed by atoms with Gasteiger partial charge in [-0.3, -0.25) is 9.69 Å². The highest BCUT2D eigenvalue weighted by Gasteiger charge is 2.33. The smallest absolute Gasteiger partial charge is 0.320 e. The van der Waals surface area contributed by atoms with Crippen molar-refractivity contribution in [2.24, 2.45) is 5.73 Å². The zero-order valence-corrected chi connectivity index (χ0v) is 9.95. The van der Waals surface area contributed by atoms with Gasteiger partial charge in [-0.15, -0.1) is 0 Å². The van der Waals surface area contributed by atoms with Gasteiger partial charge >= 0.3 is 5.97 Å². The van der Waals surface area contributed by atoms with Crippen molar-refractivity contribution in [1.82, 2.24) is 4.90 Å². The molecule has 15 heavy (non-hydrogen) atoms. The third kappa shape index (κ3) is 5.14. The lowest BCUT2D eigenvalue weighted by molar-refractivity contribution is -0.144. The molecule has 1 aliphatic carbocycles. The second-order valence-corrected chi connectivity index (χ2v) is 4.93. The topological polar surface area (TPSA) is 55.6 Å². The summed E-state index contributed by atoms with van der Waals surface area (Å²) in [5, 5.41) is 0. The molecule has 1 rings (SSSR count). The second-order valence-electron chi connectivity index (χ2n) is 4.93. The Bertz CT molecular complexity index is 219. The molecule has 4 nitrogen and oxygen atoms in total. The van der Waals surface area contributed by atoms with Crippen LogP contribution in [0.5, 0.6) is 0 Å². The summed E-state index contributed by atoms with van der Waals surface area (Å²) in [6.07, 6.45) is 2.35. The molecule has 0 saturated heterocycles. The van der Waals surface area contributed by atoms with E-state index in [0.717, 1.165) is 6.54 Å². The van der Waals surface area contributed by atoms with Gasteiger partial charge in [0.15, 0.2) is 0 Å². The first-order chi connectivity index (χ1) is 6.92. The van der Waals surface area contributed by atoms with Crippen LogP contribution >= 0.6 is 0 Å². The minimum atomic E-state index is -0.255. The first kappa shape index (κ1) is 12.5. The Morgan fingerprint density at radius 3 is 2.53 bits per heavy atom. The summed E-state index contributed by atoms with van der Waals surface area (Å²) in [5.41, 5.74) is 5.70. The summed E-state index contributed by atoms with van der Waals surface area (Å²) in [6, 6.07) is 0.539. The Morgan fingerprint density at radius 2 is 2.13 bits per heavy atom. The fraction of sp³-hybridized carbons (Fsp3) is 0.909. The number of esters is 1. The van der Waals surface area contributed by atoms with E-state index in [1.165, 1.54) is 12.8 Å². The average molecular weight is 214 g/mol. The number of nitrogens with zero attached hydrogens (tertiary/aromatic N) is 1. The second kappa shape index (κ2) is 4.94. The minimum Gasteiger partial charge on any atom is -0.465 e. The van der Waals surface area contributed by atoms with E-state index in [1.807, 2.05) is 20.8 Å². The Morgan fingerprint density at radius 1 is 1.53 bits per heavy atom. The van der Waals surface area contributed by atoms with E-state index in [1.54, 1.807) is 0 Å². The molecule has 0 aromatic rings. The van der Waals surface area contributed by atoms with Crippen molar-refractivity contribution >= 4 is 5.97 Å². The molecule has 88 valence electrons. The summed E-state index contributed by atoms with van der Waals surface area (Å²) >= 11 is 0. The SMILES string of the molecule is CCOC(=O)CN(CC(C)(C)N)C1CC1. The van der Waals surface area contributed by atoms with Crippen molar-refractivity contribution in [3.8, 4) is 0 Å². The van der Waals surface area contributed by atoms with Crippen LogP contribution in [-0.2, 0) is 9.53 Å². The molecule has 0 amide bonds. The van der Waals surface area contributed by atoms with Gasteiger partial charge in [0, 0.05) is 18.1 Å². The molecule has 0 aliphatic heterocycles. The molecule has 1 saturated carbocycles. The van der Waals surface area contributed by atoms with E-state index in [9.17, 15) is 4.79 Å². The molecule has 0 radical (unpaired) electrons. The first-order valence-corrected chi connectivity index (χ1v) is 5.61. The van der Waals surface area contributed by atoms with Gasteiger partial charge in [-0.2, -0.15) is 0 Å². The maximum Gasteiger partial charge on any atom is 0.320 e. The minimum absolute atomic E-state index is 0.145. The standard InChI is InChI=1S/C11H22N2O2/c1-4-15-10(14)7-13(9-5-6-9)8-11(2,3)12/h9H,4-8,12H2,1-3H3. The predicted octanol–water partition coefficient (Wildman–Crippen LogP) is 0.751. The first-order valence-electron chi connectivity index (χ1n) is 5.61. The molecule has 0 spiro atoms. The van der Waals surface area contributed by atoms with Gasteiger partial charge in [-0.25, -0.2) is 0 Å². The molecule has 0 unspecified atom stereocenters. The van der Waals surface area contributed by atoms with E-state index in [4.69, 9.17) is 10.5 Å². The molecule has 2 N–H and O–H groups in total. The van der Waals surface area contributed by atoms with Gasteiger partial charge in [0.1, 0.15) is 0 Å². The number of nitrogens with two attached hydrogens (primary N) is 1. The third-order valence-electron chi connectivity index (χ3n) is 2.31. The molecule has 0 atom stereocenters. The Kier molecular flexibility index (Phi) is 4.11. The molecule has 4 heteroatoms. The summed E-state index contributed by atoms with van der Waals surface area (Å²) in [7, 11) is 0. The number of carbonyl (C=O) groups excluding carboxylic acids is 1. The quantitative estimate of drug-likeness (QED) is 0.663. The van der Waals surface area contributed by atoms with E-state index >= 15 is 0 Å². The average Bonchev–Trinajstić information content (AvgIpc) is 2.82. The van der Waals surface area contributed by atoms with Crippen molar-refractivity contribution in [2.75, 3.05) is 19.7 Å². The van der Waals surface area contributed by atoms with E-state index in [-0.39, 0.29) is 11.5 Å². The zero-order valence-electron chi connectivity index (χ0n) is 9.95. The number of carbonyl (C=O) groups is 1. The molecule has 0 aromatic carbocycles. The Balaban J connectivity index is 2.40. The van der Waals surface area contributed by atoms with Crippen LogP contribution in [0.1, 0.15) is 33.6 Å². The summed E-state index contributed by atoms with van der Waals surface area (Å²) < 4.78 is 4.94. The number of ether oxygens (including phenoxy) is 1. The lowest BCUT2D eigenvalue weighted by atomic mass is 10.1. The summed E-state index contributed by atoms with van der Waals surface area (Å²) in [6.45, 7) is 7.35. The number of rotatable bonds is 6. The molecule has 0 bridgehead atoms. The predicted molar refractivity (Wildman–Crippen MR) is 59.5 cm³/mol. The van der Waals surface area contributed by atoms with Crippen LogP contribution in [0.3, 0.4) is 0 Å². The Labute approximate surface area is 91.8 Å². The molecular formula is C11H22N2O2. The zero-order chi connectivity index (χ0) is 11.5. The van der Waals surface area contributed by atoms with Gasteiger partial charge in [-0.1, -0.05) is 0 Å². The van der Waals surface area contributed by atoms with Gasteiger partial charge in [0.2, 0.25) is 0 Å². The van der Waals surface area contributed by atoms with E-state index in [0.29, 0.717) is 19.2 Å². The summed E-state index contributed by atoms with van der Waals surface area (Å²) in [4.78, 5) is 13.5. The monoisotopic (exact) mass is 214 g/mol. The van der Waals surface area contributed by atoms with Crippen molar-refractivity contribution in [1.29, 1.82) is 0 Å². The van der Waals surface area contributed by atoms with Crippen LogP contribution in [-0.4, -0.2) is 42.1 Å². The fourth-order valence-corrected chi connectivity index (χ4v) is 1.65. The highest BCUT2D eigenvalue weighted by molar-refractivity contribution is 5.71. The third-order valence-corrected chi connectivity index (χ3v) is 2.31. The highest BCUT2D eigenvalue weighted by atomic mass is 16.5. The van der Waals surface area contributed by atoms with Crippen molar-refractivity contribution in [3.05, 3.63) is 0 Å². The Hall–Kier alpha value is -0.610. The normalized spacial score (nSPS) is 16.9. The molecular weight excluding hydrogens is 192 g/mol. The number of hydrogen-bond donors (Lipinski definition) is 1. The lowest BCUT2D eigenvalue weighted by Crippen LogP contribution is -2.48. The van der Waals surface area contributed by atoms with Crippen molar-refractivity contribution < 1.29 is 9.53 Å². The lowest BCUT2D eigenvalue weighted by Gasteiger charge is -2.28. The summed E-state index contributed by atoms with van der Waals surface area (Å²) in [5.74, 6) is -0.145. The van der Waals surface area contributed by atoms with E-state index in [2.05, 4.69) is 4.90 Å². The van der Waals surface area contributed by atoms with Crippen LogP contribution in [0, 0.1) is 0 Å². The maximum absolute atomic E-state index is 11.4. The molecule has 1 fully saturated rings.